The molecular weight excluding hydrogens is 377 g/mol. The van der Waals surface area contributed by atoms with Gasteiger partial charge in [-0.05, 0) is 24.1 Å². The van der Waals surface area contributed by atoms with Gasteiger partial charge in [0.05, 0.1) is 20.8 Å². The highest BCUT2D eigenvalue weighted by atomic mass is 19.4. The maximum absolute atomic E-state index is 12.5. The lowest BCUT2D eigenvalue weighted by Crippen LogP contribution is -2.44. The van der Waals surface area contributed by atoms with Crippen molar-refractivity contribution < 1.29 is 27.4 Å². The van der Waals surface area contributed by atoms with Gasteiger partial charge in [0.1, 0.15) is 11.3 Å². The Kier molecular flexibility index (Phi) is 7.50. The van der Waals surface area contributed by atoms with Crippen molar-refractivity contribution in [2.45, 2.75) is 25.2 Å². The molecule has 2 N–H and O–H groups in total. The van der Waals surface area contributed by atoms with E-state index in [9.17, 15) is 18.0 Å². The van der Waals surface area contributed by atoms with Crippen LogP contribution in [-0.2, 0) is 11.3 Å². The Balaban J connectivity index is 1.92. The van der Waals surface area contributed by atoms with Gasteiger partial charge in [-0.2, -0.15) is 13.2 Å². The lowest BCUT2D eigenvalue weighted by atomic mass is 10.1. The van der Waals surface area contributed by atoms with E-state index in [2.05, 4.69) is 15.6 Å². The Morgan fingerprint density at radius 1 is 1.36 bits per heavy atom. The standard InChI is InChI=1S/C18H25F3N4O3/c1-22-17(24-13-6-7-25(10-13)11-18(19,20)21)23-9-12-4-5-15(27-2)14(8-12)16(26)28-3/h4-5,8,13H,6-7,9-11H2,1-3H3,(H2,22,23,24). The Morgan fingerprint density at radius 3 is 2.71 bits per heavy atom. The number of hydrogen-bond donors (Lipinski definition) is 2. The normalized spacial score (nSPS) is 18.1. The van der Waals surface area contributed by atoms with Crippen molar-refractivity contribution in [2.75, 3.05) is 40.9 Å². The minimum atomic E-state index is -4.19. The van der Waals surface area contributed by atoms with E-state index in [0.29, 0.717) is 43.3 Å². The Bertz CT molecular complexity index is 710. The predicted octanol–water partition coefficient (Wildman–Crippen LogP) is 1.78. The van der Waals surface area contributed by atoms with E-state index in [1.165, 1.54) is 19.1 Å². The zero-order chi connectivity index (χ0) is 20.7. The van der Waals surface area contributed by atoms with Gasteiger partial charge in [-0.25, -0.2) is 4.79 Å². The molecule has 0 spiro atoms. The molecule has 0 aliphatic carbocycles. The number of benzene rings is 1. The molecule has 0 amide bonds. The molecule has 0 saturated carbocycles. The third-order valence-electron chi connectivity index (χ3n) is 4.37. The first-order valence-corrected chi connectivity index (χ1v) is 8.77. The van der Waals surface area contributed by atoms with Crippen LogP contribution in [-0.4, -0.2) is 69.9 Å². The summed E-state index contributed by atoms with van der Waals surface area (Å²) in [5.74, 6) is 0.389. The van der Waals surface area contributed by atoms with E-state index in [1.54, 1.807) is 25.2 Å². The van der Waals surface area contributed by atoms with Gasteiger partial charge in [-0.1, -0.05) is 6.07 Å². The lowest BCUT2D eigenvalue weighted by Gasteiger charge is -2.20. The number of carbonyl (C=O) groups is 1. The van der Waals surface area contributed by atoms with E-state index in [1.807, 2.05) is 0 Å². The average molecular weight is 402 g/mol. The van der Waals surface area contributed by atoms with Crippen LogP contribution in [0, 0.1) is 0 Å². The molecule has 28 heavy (non-hydrogen) atoms. The van der Waals surface area contributed by atoms with Crippen LogP contribution in [0.2, 0.25) is 0 Å². The minimum Gasteiger partial charge on any atom is -0.496 e. The molecule has 1 aromatic carbocycles. The molecular formula is C18H25F3N4O3. The molecule has 2 rings (SSSR count). The molecule has 1 unspecified atom stereocenters. The zero-order valence-electron chi connectivity index (χ0n) is 16.1. The largest absolute Gasteiger partial charge is 0.496 e. The summed E-state index contributed by atoms with van der Waals surface area (Å²) in [6.07, 6.45) is -3.59. The maximum atomic E-state index is 12.5. The smallest absolute Gasteiger partial charge is 0.401 e. The van der Waals surface area contributed by atoms with Gasteiger partial charge in [-0.15, -0.1) is 0 Å². The van der Waals surface area contributed by atoms with Crippen molar-refractivity contribution in [1.82, 2.24) is 15.5 Å². The van der Waals surface area contributed by atoms with E-state index in [-0.39, 0.29) is 6.04 Å². The number of nitrogens with one attached hydrogen (secondary N) is 2. The number of hydrogen-bond acceptors (Lipinski definition) is 5. The summed E-state index contributed by atoms with van der Waals surface area (Å²) in [6, 6.07) is 5.01. The summed E-state index contributed by atoms with van der Waals surface area (Å²) in [7, 11) is 4.35. The first-order chi connectivity index (χ1) is 13.3. The summed E-state index contributed by atoms with van der Waals surface area (Å²) in [4.78, 5) is 17.3. The molecule has 1 aliphatic heterocycles. The molecule has 7 nitrogen and oxygen atoms in total. The molecule has 1 fully saturated rings. The molecule has 1 aliphatic rings. The first kappa shape index (κ1) is 21.8. The number of ether oxygens (including phenoxy) is 2. The van der Waals surface area contributed by atoms with Crippen molar-refractivity contribution in [3.05, 3.63) is 29.3 Å². The summed E-state index contributed by atoms with van der Waals surface area (Å²) < 4.78 is 47.4. The highest BCUT2D eigenvalue weighted by Gasteiger charge is 2.34. The van der Waals surface area contributed by atoms with E-state index < -0.39 is 18.7 Å². The Morgan fingerprint density at radius 2 is 2.11 bits per heavy atom. The number of esters is 1. The van der Waals surface area contributed by atoms with Gasteiger partial charge < -0.3 is 20.1 Å². The molecule has 0 radical (unpaired) electrons. The van der Waals surface area contributed by atoms with Crippen molar-refractivity contribution in [3.8, 4) is 5.75 Å². The highest BCUT2D eigenvalue weighted by molar-refractivity contribution is 5.92. The van der Waals surface area contributed by atoms with Gasteiger partial charge in [0.2, 0.25) is 0 Å². The van der Waals surface area contributed by atoms with Gasteiger partial charge in [0, 0.05) is 32.7 Å². The number of guanidine groups is 1. The Labute approximate surface area is 161 Å². The lowest BCUT2D eigenvalue weighted by molar-refractivity contribution is -0.143. The fourth-order valence-corrected chi connectivity index (χ4v) is 3.06. The second-order valence-corrected chi connectivity index (χ2v) is 6.43. The number of rotatable bonds is 6. The molecule has 0 bridgehead atoms. The highest BCUT2D eigenvalue weighted by Crippen LogP contribution is 2.21. The number of alkyl halides is 3. The number of nitrogens with zero attached hydrogens (tertiary/aromatic N) is 2. The molecule has 10 heteroatoms. The van der Waals surface area contributed by atoms with Crippen LogP contribution in [0.25, 0.3) is 0 Å². The van der Waals surface area contributed by atoms with Crippen molar-refractivity contribution in [1.29, 1.82) is 0 Å². The summed E-state index contributed by atoms with van der Waals surface area (Å²) in [5.41, 5.74) is 1.11. The maximum Gasteiger partial charge on any atom is 0.401 e. The van der Waals surface area contributed by atoms with Crippen LogP contribution >= 0.6 is 0 Å². The number of methoxy groups -OCH3 is 2. The fourth-order valence-electron chi connectivity index (χ4n) is 3.06. The number of aliphatic imine (C=N–C) groups is 1. The Hall–Kier alpha value is -2.49. The van der Waals surface area contributed by atoms with Crippen LogP contribution in [0.5, 0.6) is 5.75 Å². The number of likely N-dealkylation sites (tertiary alicyclic amines) is 1. The second-order valence-electron chi connectivity index (χ2n) is 6.43. The van der Waals surface area contributed by atoms with E-state index in [4.69, 9.17) is 9.47 Å². The van der Waals surface area contributed by atoms with Gasteiger partial charge in [-0.3, -0.25) is 9.89 Å². The monoisotopic (exact) mass is 402 g/mol. The topological polar surface area (TPSA) is 75.2 Å². The zero-order valence-corrected chi connectivity index (χ0v) is 16.1. The molecule has 1 aromatic rings. The molecule has 1 heterocycles. The van der Waals surface area contributed by atoms with Crippen LogP contribution < -0.4 is 15.4 Å². The average Bonchev–Trinajstić information content (AvgIpc) is 3.09. The third-order valence-corrected chi connectivity index (χ3v) is 4.37. The molecule has 156 valence electrons. The van der Waals surface area contributed by atoms with Gasteiger partial charge in [0.25, 0.3) is 0 Å². The third kappa shape index (κ3) is 6.29. The molecule has 0 aromatic heterocycles. The molecule has 1 atom stereocenters. The number of halogens is 3. The fraction of sp³-hybridized carbons (Fsp3) is 0.556. The quantitative estimate of drug-likeness (QED) is 0.429. The van der Waals surface area contributed by atoms with Gasteiger partial charge >= 0.3 is 12.1 Å². The second kappa shape index (κ2) is 9.63. The van der Waals surface area contributed by atoms with Crippen molar-refractivity contribution in [2.24, 2.45) is 4.99 Å². The summed E-state index contributed by atoms with van der Waals surface area (Å²) in [5, 5.41) is 6.24. The van der Waals surface area contributed by atoms with Crippen LogP contribution in [0.1, 0.15) is 22.3 Å². The van der Waals surface area contributed by atoms with Crippen LogP contribution in [0.15, 0.2) is 23.2 Å². The van der Waals surface area contributed by atoms with Crippen molar-refractivity contribution in [3.63, 3.8) is 0 Å². The predicted molar refractivity (Wildman–Crippen MR) is 98.6 cm³/mol. The summed E-state index contributed by atoms with van der Waals surface area (Å²) >= 11 is 0. The van der Waals surface area contributed by atoms with Crippen molar-refractivity contribution >= 4 is 11.9 Å². The van der Waals surface area contributed by atoms with Gasteiger partial charge in [0.15, 0.2) is 5.96 Å². The number of carbonyl (C=O) groups excluding carboxylic acids is 1. The van der Waals surface area contributed by atoms with Crippen LogP contribution in [0.4, 0.5) is 13.2 Å². The first-order valence-electron chi connectivity index (χ1n) is 8.77. The molecule has 1 saturated heterocycles. The minimum absolute atomic E-state index is 0.116. The van der Waals surface area contributed by atoms with E-state index >= 15 is 0 Å². The SMILES string of the molecule is CN=C(NCc1ccc(OC)c(C(=O)OC)c1)NC1CCN(CC(F)(F)F)C1. The van der Waals surface area contributed by atoms with E-state index in [0.717, 1.165) is 5.56 Å². The summed E-state index contributed by atoms with van der Waals surface area (Å²) in [6.45, 7) is 0.149. The van der Waals surface area contributed by atoms with Crippen LogP contribution in [0.3, 0.4) is 0 Å².